The first-order valence-electron chi connectivity index (χ1n) is 10.1. The molecule has 146 valence electrons. The predicted molar refractivity (Wildman–Crippen MR) is 102 cm³/mol. The molecule has 0 aliphatic carbocycles. The van der Waals surface area contributed by atoms with Crippen LogP contribution in [0.2, 0.25) is 0 Å². The number of hydrogen-bond donors (Lipinski definition) is 1. The van der Waals surface area contributed by atoms with Gasteiger partial charge >= 0.3 is 10.4 Å². The lowest BCUT2D eigenvalue weighted by Gasteiger charge is -2.15. The maximum Gasteiger partial charge on any atom is 0.397 e. The van der Waals surface area contributed by atoms with Crippen molar-refractivity contribution in [1.82, 2.24) is 0 Å². The number of unbranched alkanes of at least 4 members (excludes halogenated alkanes) is 12. The fourth-order valence-electron chi connectivity index (χ4n) is 3.07. The Hall–Kier alpha value is -0.130. The molecule has 0 aromatic heterocycles. The van der Waals surface area contributed by atoms with Crippen LogP contribution >= 0.6 is 0 Å². The Morgan fingerprint density at radius 1 is 0.667 bits per heavy atom. The Morgan fingerprint density at radius 3 is 1.33 bits per heavy atom. The number of rotatable bonds is 18. The molecule has 4 nitrogen and oxygen atoms in total. The minimum atomic E-state index is -4.33. The molecule has 0 bridgehead atoms. The number of hydrogen-bond acceptors (Lipinski definition) is 3. The van der Waals surface area contributed by atoms with Crippen LogP contribution in [0.4, 0.5) is 0 Å². The van der Waals surface area contributed by atoms with Gasteiger partial charge in [-0.25, -0.2) is 4.18 Å². The standard InChI is InChI=1S/C19H40O4S/c1-3-5-7-9-11-13-15-17-19(23-24(20,21)22)18-16-14-12-10-8-6-4-2/h19H,3-18H2,1-2H3,(H,20,21,22). The molecule has 0 saturated carbocycles. The van der Waals surface area contributed by atoms with Gasteiger partial charge in [0.2, 0.25) is 0 Å². The first-order chi connectivity index (χ1) is 11.5. The molecule has 0 unspecified atom stereocenters. The van der Waals surface area contributed by atoms with E-state index in [0.717, 1.165) is 38.5 Å². The fourth-order valence-corrected chi connectivity index (χ4v) is 3.61. The molecule has 0 aromatic rings. The summed E-state index contributed by atoms with van der Waals surface area (Å²) in [5, 5.41) is 0. The molecule has 0 aliphatic rings. The van der Waals surface area contributed by atoms with Crippen LogP contribution < -0.4 is 0 Å². The summed E-state index contributed by atoms with van der Waals surface area (Å²) in [6.07, 6.45) is 17.9. The molecular formula is C19H40O4S. The van der Waals surface area contributed by atoms with Crippen molar-refractivity contribution >= 4 is 10.4 Å². The van der Waals surface area contributed by atoms with Crippen LogP contribution in [0.5, 0.6) is 0 Å². The summed E-state index contributed by atoms with van der Waals surface area (Å²) in [4.78, 5) is 0. The van der Waals surface area contributed by atoms with E-state index in [4.69, 9.17) is 8.74 Å². The minimum absolute atomic E-state index is 0.355. The molecule has 0 aromatic carbocycles. The highest BCUT2D eigenvalue weighted by molar-refractivity contribution is 7.80. The van der Waals surface area contributed by atoms with Crippen molar-refractivity contribution in [2.24, 2.45) is 0 Å². The second kappa shape index (κ2) is 16.3. The third-order valence-corrected chi connectivity index (χ3v) is 5.03. The van der Waals surface area contributed by atoms with Crippen LogP contribution in [0.25, 0.3) is 0 Å². The molecule has 0 spiro atoms. The zero-order valence-corrected chi connectivity index (χ0v) is 16.8. The lowest BCUT2D eigenvalue weighted by Crippen LogP contribution is -2.18. The van der Waals surface area contributed by atoms with Gasteiger partial charge in [-0.05, 0) is 12.8 Å². The molecule has 0 fully saturated rings. The van der Waals surface area contributed by atoms with Crippen molar-refractivity contribution in [3.05, 3.63) is 0 Å². The summed E-state index contributed by atoms with van der Waals surface area (Å²) in [6, 6.07) is 0. The van der Waals surface area contributed by atoms with Gasteiger partial charge in [0, 0.05) is 0 Å². The summed E-state index contributed by atoms with van der Waals surface area (Å²) in [5.41, 5.74) is 0. The molecule has 0 radical (unpaired) electrons. The van der Waals surface area contributed by atoms with Gasteiger partial charge in [0.05, 0.1) is 6.10 Å². The van der Waals surface area contributed by atoms with Crippen LogP contribution in [0.3, 0.4) is 0 Å². The van der Waals surface area contributed by atoms with Crippen LogP contribution in [-0.4, -0.2) is 19.1 Å². The summed E-state index contributed by atoms with van der Waals surface area (Å²) in [5.74, 6) is 0. The first kappa shape index (κ1) is 23.9. The Kier molecular flexibility index (Phi) is 16.3. The van der Waals surface area contributed by atoms with E-state index in [-0.39, 0.29) is 6.10 Å². The third kappa shape index (κ3) is 18.2. The summed E-state index contributed by atoms with van der Waals surface area (Å²) >= 11 is 0. The minimum Gasteiger partial charge on any atom is -0.264 e. The molecule has 0 amide bonds. The van der Waals surface area contributed by atoms with Crippen LogP contribution in [0, 0.1) is 0 Å². The van der Waals surface area contributed by atoms with Gasteiger partial charge in [0.25, 0.3) is 0 Å². The smallest absolute Gasteiger partial charge is 0.264 e. The van der Waals surface area contributed by atoms with Crippen molar-refractivity contribution in [3.63, 3.8) is 0 Å². The van der Waals surface area contributed by atoms with E-state index < -0.39 is 10.4 Å². The molecule has 24 heavy (non-hydrogen) atoms. The zero-order valence-electron chi connectivity index (χ0n) is 16.0. The van der Waals surface area contributed by atoms with Gasteiger partial charge in [-0.1, -0.05) is 104 Å². The topological polar surface area (TPSA) is 63.6 Å². The lowest BCUT2D eigenvalue weighted by molar-refractivity contribution is 0.157. The monoisotopic (exact) mass is 364 g/mol. The third-order valence-electron chi connectivity index (χ3n) is 4.52. The Bertz CT molecular complexity index is 336. The van der Waals surface area contributed by atoms with Crippen molar-refractivity contribution in [2.75, 3.05) is 0 Å². The van der Waals surface area contributed by atoms with Gasteiger partial charge in [0.15, 0.2) is 0 Å². The SMILES string of the molecule is CCCCCCCCCC(CCCCCCCCC)OS(=O)(=O)O. The maximum absolute atomic E-state index is 11.0. The van der Waals surface area contributed by atoms with Gasteiger partial charge in [-0.3, -0.25) is 4.55 Å². The van der Waals surface area contributed by atoms with Crippen LogP contribution in [0.15, 0.2) is 0 Å². The molecule has 1 N–H and O–H groups in total. The highest BCUT2D eigenvalue weighted by atomic mass is 32.3. The van der Waals surface area contributed by atoms with E-state index in [1.807, 2.05) is 0 Å². The van der Waals surface area contributed by atoms with E-state index in [1.54, 1.807) is 0 Å². The summed E-state index contributed by atoms with van der Waals surface area (Å²) in [7, 11) is -4.33. The maximum atomic E-state index is 11.0. The van der Waals surface area contributed by atoms with E-state index in [2.05, 4.69) is 13.8 Å². The molecule has 0 heterocycles. The van der Waals surface area contributed by atoms with E-state index in [9.17, 15) is 8.42 Å². The van der Waals surface area contributed by atoms with Crippen molar-refractivity contribution < 1.29 is 17.2 Å². The van der Waals surface area contributed by atoms with Crippen molar-refractivity contribution in [3.8, 4) is 0 Å². The first-order valence-corrected chi connectivity index (χ1v) is 11.5. The zero-order chi connectivity index (χ0) is 18.1. The molecule has 0 rings (SSSR count). The second-order valence-corrected chi connectivity index (χ2v) is 8.01. The summed E-state index contributed by atoms with van der Waals surface area (Å²) < 4.78 is 35.8. The van der Waals surface area contributed by atoms with Crippen molar-refractivity contribution in [2.45, 2.75) is 123 Å². The second-order valence-electron chi connectivity index (χ2n) is 6.97. The quantitative estimate of drug-likeness (QED) is 0.224. The lowest BCUT2D eigenvalue weighted by atomic mass is 10.0. The average molecular weight is 365 g/mol. The normalized spacial score (nSPS) is 12.2. The Morgan fingerprint density at radius 2 is 1.00 bits per heavy atom. The van der Waals surface area contributed by atoms with Gasteiger partial charge in [-0.2, -0.15) is 8.42 Å². The molecule has 0 atom stereocenters. The molecule has 0 saturated heterocycles. The predicted octanol–water partition coefficient (Wildman–Crippen LogP) is 6.46. The molecular weight excluding hydrogens is 324 g/mol. The molecule has 5 heteroatoms. The fraction of sp³-hybridized carbons (Fsp3) is 1.00. The largest absolute Gasteiger partial charge is 0.397 e. The highest BCUT2D eigenvalue weighted by Crippen LogP contribution is 2.18. The van der Waals surface area contributed by atoms with Gasteiger partial charge < -0.3 is 0 Å². The Balaban J connectivity index is 3.81. The van der Waals surface area contributed by atoms with Crippen molar-refractivity contribution in [1.29, 1.82) is 0 Å². The Labute approximate surface area is 150 Å². The van der Waals surface area contributed by atoms with E-state index >= 15 is 0 Å². The van der Waals surface area contributed by atoms with Gasteiger partial charge in [-0.15, -0.1) is 0 Å². The van der Waals surface area contributed by atoms with Crippen LogP contribution in [-0.2, 0) is 14.6 Å². The van der Waals surface area contributed by atoms with E-state index in [0.29, 0.717) is 0 Å². The summed E-state index contributed by atoms with van der Waals surface area (Å²) in [6.45, 7) is 4.42. The molecule has 0 aliphatic heterocycles. The van der Waals surface area contributed by atoms with E-state index in [1.165, 1.54) is 64.2 Å². The van der Waals surface area contributed by atoms with Crippen LogP contribution in [0.1, 0.15) is 117 Å². The average Bonchev–Trinajstić information content (AvgIpc) is 2.51. The highest BCUT2D eigenvalue weighted by Gasteiger charge is 2.16. The van der Waals surface area contributed by atoms with Gasteiger partial charge in [0.1, 0.15) is 0 Å².